The van der Waals surface area contributed by atoms with E-state index in [0.717, 1.165) is 29.3 Å². The van der Waals surface area contributed by atoms with E-state index in [-0.39, 0.29) is 11.1 Å². The van der Waals surface area contributed by atoms with E-state index in [1.807, 2.05) is 6.92 Å². The normalized spacial score (nSPS) is 16.8. The van der Waals surface area contributed by atoms with E-state index in [1.54, 1.807) is 0 Å². The topological polar surface area (TPSA) is 37.8 Å². The van der Waals surface area contributed by atoms with Crippen LogP contribution in [0.4, 0.5) is 13.2 Å². The summed E-state index contributed by atoms with van der Waals surface area (Å²) >= 11 is 3.27. The first kappa shape index (κ1) is 15.4. The van der Waals surface area contributed by atoms with Gasteiger partial charge in [-0.1, -0.05) is 35.0 Å². The van der Waals surface area contributed by atoms with Crippen LogP contribution >= 0.6 is 15.9 Å². The Morgan fingerprint density at radius 3 is 2.50 bits per heavy atom. The number of alkyl halides is 4. The predicted octanol–water partition coefficient (Wildman–Crippen LogP) is 4.13. The molecule has 0 radical (unpaired) electrons. The lowest BCUT2D eigenvalue weighted by Crippen LogP contribution is -2.20. The average molecular weight is 375 g/mol. The lowest BCUT2D eigenvalue weighted by atomic mass is 10.0. The van der Waals surface area contributed by atoms with Crippen molar-refractivity contribution in [2.45, 2.75) is 36.7 Å². The molecule has 1 fully saturated rings. The lowest BCUT2D eigenvalue weighted by molar-refractivity contribution is -0.137. The molecular formula is C15H14BrF3N2O. The number of benzene rings is 1. The van der Waals surface area contributed by atoms with E-state index in [2.05, 4.69) is 21.0 Å². The zero-order chi connectivity index (χ0) is 16.1. The van der Waals surface area contributed by atoms with E-state index in [4.69, 9.17) is 0 Å². The van der Waals surface area contributed by atoms with Crippen LogP contribution in [-0.2, 0) is 16.9 Å². The van der Waals surface area contributed by atoms with Gasteiger partial charge in [-0.25, -0.2) is 4.68 Å². The number of aromatic amines is 1. The van der Waals surface area contributed by atoms with Gasteiger partial charge in [0.2, 0.25) is 0 Å². The van der Waals surface area contributed by atoms with E-state index in [0.29, 0.717) is 10.9 Å². The molecule has 118 valence electrons. The second-order valence-electron chi connectivity index (χ2n) is 5.82. The SMILES string of the molecule is CC1(c2[nH]n(-c3ccccc3C(F)(F)F)c(=O)c2CBr)CC1. The van der Waals surface area contributed by atoms with Crippen LogP contribution in [-0.4, -0.2) is 9.78 Å². The van der Waals surface area contributed by atoms with Crippen LogP contribution in [0.25, 0.3) is 5.69 Å². The number of H-pyrrole nitrogens is 1. The first-order valence-corrected chi connectivity index (χ1v) is 7.97. The summed E-state index contributed by atoms with van der Waals surface area (Å²) in [5.41, 5.74) is -0.342. The molecular weight excluding hydrogens is 361 g/mol. The summed E-state index contributed by atoms with van der Waals surface area (Å²) in [5.74, 6) is 0. The van der Waals surface area contributed by atoms with E-state index < -0.39 is 17.3 Å². The number of nitrogens with one attached hydrogen (secondary N) is 1. The third-order valence-electron chi connectivity index (χ3n) is 4.17. The molecule has 22 heavy (non-hydrogen) atoms. The maximum absolute atomic E-state index is 13.2. The number of rotatable bonds is 3. The molecule has 0 atom stereocenters. The van der Waals surface area contributed by atoms with Gasteiger partial charge < -0.3 is 0 Å². The molecule has 0 saturated heterocycles. The number of nitrogens with zero attached hydrogens (tertiary/aromatic N) is 1. The van der Waals surface area contributed by atoms with Crippen LogP contribution in [0.5, 0.6) is 0 Å². The minimum atomic E-state index is -4.51. The van der Waals surface area contributed by atoms with Gasteiger partial charge >= 0.3 is 6.18 Å². The summed E-state index contributed by atoms with van der Waals surface area (Å²) < 4.78 is 40.5. The molecule has 3 nitrogen and oxygen atoms in total. The molecule has 1 aromatic heterocycles. The van der Waals surface area contributed by atoms with Crippen LogP contribution in [0, 0.1) is 0 Å². The minimum Gasteiger partial charge on any atom is -0.294 e. The molecule has 0 amide bonds. The zero-order valence-corrected chi connectivity index (χ0v) is 13.4. The van der Waals surface area contributed by atoms with Gasteiger partial charge in [-0.15, -0.1) is 0 Å². The summed E-state index contributed by atoms with van der Waals surface area (Å²) in [5, 5.41) is 3.22. The predicted molar refractivity (Wildman–Crippen MR) is 80.6 cm³/mol. The second-order valence-corrected chi connectivity index (χ2v) is 6.38. The number of halogens is 4. The molecule has 0 spiro atoms. The highest BCUT2D eigenvalue weighted by atomic mass is 79.9. The molecule has 1 aromatic carbocycles. The van der Waals surface area contributed by atoms with Gasteiger partial charge in [-0.05, 0) is 25.0 Å². The van der Waals surface area contributed by atoms with Crippen molar-refractivity contribution in [3.05, 3.63) is 51.4 Å². The first-order valence-electron chi connectivity index (χ1n) is 6.85. The summed E-state index contributed by atoms with van der Waals surface area (Å²) in [6, 6.07) is 5.09. The Morgan fingerprint density at radius 1 is 1.32 bits per heavy atom. The molecule has 1 heterocycles. The Kier molecular flexibility index (Phi) is 3.51. The fraction of sp³-hybridized carbons (Fsp3) is 0.400. The highest BCUT2D eigenvalue weighted by Gasteiger charge is 2.43. The summed E-state index contributed by atoms with van der Waals surface area (Å²) in [6.07, 6.45) is -2.67. The summed E-state index contributed by atoms with van der Waals surface area (Å²) in [4.78, 5) is 12.5. The number of hydrogen-bond acceptors (Lipinski definition) is 1. The maximum atomic E-state index is 13.2. The highest BCUT2D eigenvalue weighted by Crippen LogP contribution is 2.48. The zero-order valence-electron chi connectivity index (χ0n) is 11.8. The van der Waals surface area contributed by atoms with Crippen LogP contribution in [0.1, 0.15) is 36.6 Å². The van der Waals surface area contributed by atoms with Crippen molar-refractivity contribution >= 4 is 15.9 Å². The van der Waals surface area contributed by atoms with E-state index >= 15 is 0 Å². The Bertz CT molecular complexity index is 772. The number of hydrogen-bond donors (Lipinski definition) is 1. The highest BCUT2D eigenvalue weighted by molar-refractivity contribution is 9.08. The van der Waals surface area contributed by atoms with Gasteiger partial charge in [-0.3, -0.25) is 9.89 Å². The number of para-hydroxylation sites is 1. The number of aromatic nitrogens is 2. The Hall–Kier alpha value is -1.50. The molecule has 3 rings (SSSR count). The third-order valence-corrected chi connectivity index (χ3v) is 4.73. The van der Waals surface area contributed by atoms with Gasteiger partial charge in [0.15, 0.2) is 0 Å². The molecule has 1 aliphatic rings. The van der Waals surface area contributed by atoms with Crippen molar-refractivity contribution < 1.29 is 13.2 Å². The Morgan fingerprint density at radius 2 is 1.95 bits per heavy atom. The van der Waals surface area contributed by atoms with Crippen molar-refractivity contribution in [2.24, 2.45) is 0 Å². The molecule has 0 aliphatic heterocycles. The molecule has 0 bridgehead atoms. The van der Waals surface area contributed by atoms with Crippen LogP contribution in [0.2, 0.25) is 0 Å². The Balaban J connectivity index is 2.23. The monoisotopic (exact) mass is 374 g/mol. The molecule has 0 unspecified atom stereocenters. The van der Waals surface area contributed by atoms with E-state index in [9.17, 15) is 18.0 Å². The van der Waals surface area contributed by atoms with E-state index in [1.165, 1.54) is 18.2 Å². The third kappa shape index (κ3) is 2.41. The standard InChI is InChI=1S/C15H14BrF3N2O/c1-14(6-7-14)12-9(8-16)13(22)21(20-12)11-5-3-2-4-10(11)15(17,18)19/h2-5,20H,6-8H2,1H3. The van der Waals surface area contributed by atoms with Crippen molar-refractivity contribution in [3.8, 4) is 5.69 Å². The maximum Gasteiger partial charge on any atom is 0.418 e. The van der Waals surface area contributed by atoms with Gasteiger partial charge in [0, 0.05) is 16.4 Å². The second kappa shape index (κ2) is 5.01. The smallest absolute Gasteiger partial charge is 0.294 e. The quantitative estimate of drug-likeness (QED) is 0.805. The van der Waals surface area contributed by atoms with Crippen molar-refractivity contribution in [3.63, 3.8) is 0 Å². The first-order chi connectivity index (χ1) is 10.3. The van der Waals surface area contributed by atoms with Crippen molar-refractivity contribution in [1.82, 2.24) is 9.78 Å². The van der Waals surface area contributed by atoms with Crippen LogP contribution < -0.4 is 5.56 Å². The van der Waals surface area contributed by atoms with Gasteiger partial charge in [0.05, 0.1) is 16.8 Å². The van der Waals surface area contributed by atoms with Gasteiger partial charge in [0.25, 0.3) is 5.56 Å². The van der Waals surface area contributed by atoms with Crippen molar-refractivity contribution in [2.75, 3.05) is 0 Å². The fourth-order valence-corrected chi connectivity index (χ4v) is 3.13. The lowest BCUT2D eigenvalue weighted by Gasteiger charge is -2.13. The Labute approximate surface area is 133 Å². The van der Waals surface area contributed by atoms with Crippen LogP contribution in [0.3, 0.4) is 0 Å². The minimum absolute atomic E-state index is 0.138. The molecule has 1 N–H and O–H groups in total. The summed E-state index contributed by atoms with van der Waals surface area (Å²) in [7, 11) is 0. The molecule has 2 aromatic rings. The average Bonchev–Trinajstić information content (AvgIpc) is 3.11. The molecule has 1 saturated carbocycles. The largest absolute Gasteiger partial charge is 0.418 e. The van der Waals surface area contributed by atoms with Gasteiger partial charge in [0.1, 0.15) is 0 Å². The van der Waals surface area contributed by atoms with Crippen LogP contribution in [0.15, 0.2) is 29.1 Å². The molecule has 7 heteroatoms. The van der Waals surface area contributed by atoms with Crippen molar-refractivity contribution in [1.29, 1.82) is 0 Å². The fourth-order valence-electron chi connectivity index (χ4n) is 2.61. The molecule has 1 aliphatic carbocycles. The van der Waals surface area contributed by atoms with Gasteiger partial charge in [-0.2, -0.15) is 13.2 Å². The summed E-state index contributed by atoms with van der Waals surface area (Å²) in [6.45, 7) is 2.00.